The Labute approximate surface area is 446 Å². The average Bonchev–Trinajstić information content (AvgIpc) is 4.29. The number of hydrogen-bond acceptors (Lipinski definition) is 20. The first kappa shape index (κ1) is 54.3. The number of imidazole rings is 2. The number of amides is 5. The number of thiazole rings is 1. The zero-order valence-corrected chi connectivity index (χ0v) is 43.9. The van der Waals surface area contributed by atoms with Gasteiger partial charge in [-0.15, -0.1) is 11.3 Å². The number of benzene rings is 2. The molecular formula is C50H63N17O9S. The van der Waals surface area contributed by atoms with E-state index in [1.165, 1.54) is 53.0 Å². The van der Waals surface area contributed by atoms with Crippen LogP contribution in [-0.2, 0) is 24.5 Å². The van der Waals surface area contributed by atoms with Gasteiger partial charge < -0.3 is 61.6 Å². The number of nitrogens with two attached hydrogens (primary N) is 1. The molecule has 8 atom stereocenters. The number of carbonyl (C=O) groups is 3. The van der Waals surface area contributed by atoms with Crippen LogP contribution in [0.25, 0.3) is 33.6 Å². The Morgan fingerprint density at radius 2 is 1.34 bits per heavy atom. The van der Waals surface area contributed by atoms with Crippen LogP contribution in [0.5, 0.6) is 0 Å². The maximum atomic E-state index is 12.8. The summed E-state index contributed by atoms with van der Waals surface area (Å²) < 4.78 is 15.7. The lowest BCUT2D eigenvalue weighted by Gasteiger charge is -2.26. The molecule has 0 unspecified atom stereocenters. The maximum Gasteiger partial charge on any atom is 0.319 e. The van der Waals surface area contributed by atoms with Gasteiger partial charge in [-0.05, 0) is 61.7 Å². The lowest BCUT2D eigenvalue weighted by Crippen LogP contribution is -2.43. The Hall–Kier alpha value is -7.50. The molecule has 0 radical (unpaired) electrons. The van der Waals surface area contributed by atoms with E-state index >= 15 is 0 Å². The number of rotatable bonds is 20. The zero-order chi connectivity index (χ0) is 54.4. The van der Waals surface area contributed by atoms with Gasteiger partial charge in [0.15, 0.2) is 47.0 Å². The summed E-state index contributed by atoms with van der Waals surface area (Å²) in [5, 5.41) is 47.7. The zero-order valence-electron chi connectivity index (χ0n) is 43.1. The van der Waals surface area contributed by atoms with Crippen LogP contribution in [0.2, 0.25) is 0 Å². The van der Waals surface area contributed by atoms with Crippen LogP contribution in [0.1, 0.15) is 58.6 Å². The number of urea groups is 2. The lowest BCUT2D eigenvalue weighted by atomic mass is 9.87. The number of hydrogen-bond donors (Lipinski definition) is 9. The molecule has 408 valence electrons. The number of aliphatic hydroxyl groups excluding tert-OH is 3. The van der Waals surface area contributed by atoms with Crippen LogP contribution in [0.4, 0.5) is 32.6 Å². The van der Waals surface area contributed by atoms with E-state index in [2.05, 4.69) is 82.4 Å². The van der Waals surface area contributed by atoms with Gasteiger partial charge in [-0.1, -0.05) is 45.0 Å². The summed E-state index contributed by atoms with van der Waals surface area (Å²) in [6.07, 6.45) is -2.70. The summed E-state index contributed by atoms with van der Waals surface area (Å²) in [5.41, 5.74) is 16.1. The number of nitrogens with one attached hydrogen (secondary N) is 5. The molecule has 2 aromatic carbocycles. The van der Waals surface area contributed by atoms with Crippen molar-refractivity contribution in [2.24, 2.45) is 0 Å². The summed E-state index contributed by atoms with van der Waals surface area (Å²) >= 11 is 1.51. The van der Waals surface area contributed by atoms with Crippen molar-refractivity contribution in [2.75, 3.05) is 68.2 Å². The predicted molar refractivity (Wildman–Crippen MR) is 285 cm³/mol. The van der Waals surface area contributed by atoms with Crippen molar-refractivity contribution in [3.8, 4) is 11.3 Å². The van der Waals surface area contributed by atoms with Crippen molar-refractivity contribution in [1.82, 2.24) is 64.5 Å². The Bertz CT molecular complexity index is 3120. The van der Waals surface area contributed by atoms with E-state index in [1.54, 1.807) is 10.1 Å². The molecule has 7 heterocycles. The number of carbonyl (C=O) groups excluding carboxylic acids is 3. The molecule has 2 aliphatic rings. The maximum absolute atomic E-state index is 12.8. The summed E-state index contributed by atoms with van der Waals surface area (Å²) in [5.74, 6) is -0.0332. The van der Waals surface area contributed by atoms with Gasteiger partial charge in [0.05, 0.1) is 23.9 Å². The average molecular weight is 1080 g/mol. The number of likely N-dealkylation sites (N-methyl/N-ethyl adjacent to an activating group) is 1. The molecule has 7 aromatic rings. The van der Waals surface area contributed by atoms with Crippen LogP contribution in [0.15, 0.2) is 84.7 Å². The highest BCUT2D eigenvalue weighted by atomic mass is 32.1. The molecule has 2 aliphatic heterocycles. The molecule has 2 saturated heterocycles. The largest absolute Gasteiger partial charge is 0.387 e. The third-order valence-corrected chi connectivity index (χ3v) is 13.9. The fourth-order valence-electron chi connectivity index (χ4n) is 9.12. The number of fused-ring (bicyclic) bond motifs is 2. The topological polar surface area (TPSA) is 332 Å². The molecule has 26 nitrogen and oxygen atoms in total. The summed E-state index contributed by atoms with van der Waals surface area (Å²) in [6, 6.07) is 14.4. The SMILES string of the molecule is CC(=O)N(CCCNC(=O)Nc1ccc(C(C)(C)C)cc1)C[C@H]1O[C@@H](n2cnc3c(NO[C@@H]4[C@H](O)[C@@H](CN(C)CCCNC(=O)Nc5ccc(-c6cscn6)cc5)O[C@H]4n4cnc5c(N)ncnc54)ncnc32)[C@H](O)[C@@H]1O. The first-order valence-electron chi connectivity index (χ1n) is 25.0. The van der Waals surface area contributed by atoms with E-state index in [-0.39, 0.29) is 72.4 Å². The number of ether oxygens (including phenoxy) is 2. The fraction of sp³-hybridized carbons (Fsp3) is 0.440. The van der Waals surface area contributed by atoms with Gasteiger partial charge in [0.2, 0.25) is 5.91 Å². The minimum absolute atomic E-state index is 0.0183. The molecule has 77 heavy (non-hydrogen) atoms. The standard InChI is InChI=1S/C50H63N17O9S/c1-28(68)65(19-7-17-53-49(73)62-32-14-10-30(11-15-32)50(2,3)4)21-35-38(69)40(71)46(74-35)66-26-59-37-43(55-24-57-45(37)66)63-76-41-39(70)34(75-47(41)67-25-58-36-42(51)54-23-56-44(36)67)20-64(5)18-6-16-52-48(72)61-31-12-8-29(9-13-31)33-22-77-27-60-33/h8-15,22-27,34-35,38-41,46-47,69-71H,6-7,16-21H2,1-5H3,(H2,51,54,56)(H2,52,61,72)(H2,53,62,73)(H,55,57,63)/t34-,35-,38-,39-,40-,41-,46-,47-/m1/s1. The molecular weight excluding hydrogens is 1010 g/mol. The van der Waals surface area contributed by atoms with E-state index < -0.39 is 49.1 Å². The van der Waals surface area contributed by atoms with Gasteiger partial charge in [-0.2, -0.15) is 0 Å². The predicted octanol–water partition coefficient (Wildman–Crippen LogP) is 3.46. The quantitative estimate of drug-likeness (QED) is 0.0390. The minimum atomic E-state index is -1.44. The molecule has 0 saturated carbocycles. The van der Waals surface area contributed by atoms with Gasteiger partial charge in [0.1, 0.15) is 48.7 Å². The highest BCUT2D eigenvalue weighted by Gasteiger charge is 2.48. The highest BCUT2D eigenvalue weighted by molar-refractivity contribution is 7.07. The number of aromatic nitrogens is 9. The number of nitrogens with zero attached hydrogens (tertiary/aromatic N) is 11. The van der Waals surface area contributed by atoms with Crippen molar-refractivity contribution in [2.45, 2.75) is 95.0 Å². The monoisotopic (exact) mass is 1080 g/mol. The first-order valence-corrected chi connectivity index (χ1v) is 26.0. The molecule has 10 N–H and O–H groups in total. The minimum Gasteiger partial charge on any atom is -0.387 e. The van der Waals surface area contributed by atoms with Gasteiger partial charge >= 0.3 is 12.1 Å². The molecule has 0 spiro atoms. The van der Waals surface area contributed by atoms with Crippen LogP contribution < -0.4 is 32.5 Å². The fourth-order valence-corrected chi connectivity index (χ4v) is 9.68. The van der Waals surface area contributed by atoms with Gasteiger partial charge in [0, 0.05) is 62.0 Å². The van der Waals surface area contributed by atoms with Crippen molar-refractivity contribution < 1.29 is 44.0 Å². The van der Waals surface area contributed by atoms with Gasteiger partial charge in [0.25, 0.3) is 0 Å². The normalized spacial score (nSPS) is 21.4. The van der Waals surface area contributed by atoms with E-state index in [0.29, 0.717) is 48.5 Å². The molecule has 5 amide bonds. The summed E-state index contributed by atoms with van der Waals surface area (Å²) in [6.45, 7) is 9.39. The smallest absolute Gasteiger partial charge is 0.319 e. The van der Waals surface area contributed by atoms with Gasteiger partial charge in [-0.3, -0.25) is 18.8 Å². The molecule has 27 heteroatoms. The van der Waals surface area contributed by atoms with Crippen LogP contribution in [0.3, 0.4) is 0 Å². The van der Waals surface area contributed by atoms with Crippen molar-refractivity contribution in [3.05, 3.63) is 90.3 Å². The Morgan fingerprint density at radius 3 is 1.99 bits per heavy atom. The number of anilines is 4. The van der Waals surface area contributed by atoms with Crippen molar-refractivity contribution >= 4 is 74.6 Å². The van der Waals surface area contributed by atoms with Crippen LogP contribution >= 0.6 is 11.3 Å². The Kier molecular flexibility index (Phi) is 16.8. The Morgan fingerprint density at radius 1 is 0.740 bits per heavy atom. The van der Waals surface area contributed by atoms with Gasteiger partial charge in [-0.25, -0.2) is 50.0 Å². The highest BCUT2D eigenvalue weighted by Crippen LogP contribution is 2.36. The van der Waals surface area contributed by atoms with Crippen molar-refractivity contribution in [1.29, 1.82) is 0 Å². The number of aliphatic hydroxyl groups is 3. The second-order valence-corrected chi connectivity index (χ2v) is 20.6. The van der Waals surface area contributed by atoms with E-state index in [0.717, 1.165) is 16.8 Å². The lowest BCUT2D eigenvalue weighted by molar-refractivity contribution is -0.132. The first-order chi connectivity index (χ1) is 37.0. The third-order valence-electron chi connectivity index (χ3n) is 13.3. The molecule has 0 aliphatic carbocycles. The second kappa shape index (κ2) is 23.8. The van der Waals surface area contributed by atoms with Crippen molar-refractivity contribution in [3.63, 3.8) is 0 Å². The summed E-state index contributed by atoms with van der Waals surface area (Å²) in [7, 11) is 1.87. The molecule has 2 fully saturated rings. The van der Waals surface area contributed by atoms with Crippen LogP contribution in [-0.4, -0.2) is 170 Å². The van der Waals surface area contributed by atoms with E-state index in [1.807, 2.05) is 65.9 Å². The molecule has 0 bridgehead atoms. The molecule has 5 aromatic heterocycles. The summed E-state index contributed by atoms with van der Waals surface area (Å²) in [4.78, 5) is 78.1. The van der Waals surface area contributed by atoms with Crippen LogP contribution in [0, 0.1) is 0 Å². The van der Waals surface area contributed by atoms with E-state index in [9.17, 15) is 29.7 Å². The second-order valence-electron chi connectivity index (χ2n) is 19.9. The van der Waals surface area contributed by atoms with E-state index in [4.69, 9.17) is 20.0 Å². The Balaban J connectivity index is 0.795. The third kappa shape index (κ3) is 12.7. The number of nitrogen functional groups attached to an aromatic ring is 1. The molecule has 9 rings (SSSR count).